The summed E-state index contributed by atoms with van der Waals surface area (Å²) in [5, 5.41) is 9.17. The first kappa shape index (κ1) is 22.1. The van der Waals surface area contributed by atoms with Crippen molar-refractivity contribution in [2.75, 3.05) is 44.8 Å². The Morgan fingerprint density at radius 1 is 1.39 bits per heavy atom. The van der Waals surface area contributed by atoms with Crippen LogP contribution in [0.1, 0.15) is 38.3 Å². The minimum Gasteiger partial charge on any atom is -0.379 e. The van der Waals surface area contributed by atoms with E-state index in [1.54, 1.807) is 6.07 Å². The Morgan fingerprint density at radius 2 is 2.29 bits per heavy atom. The van der Waals surface area contributed by atoms with Crippen LogP contribution in [0, 0.1) is 6.92 Å². The second-order valence-corrected chi connectivity index (χ2v) is 6.71. The Hall–Kier alpha value is -2.19. The predicted molar refractivity (Wildman–Crippen MR) is 111 cm³/mol. The van der Waals surface area contributed by atoms with Crippen molar-refractivity contribution in [1.29, 1.82) is 0 Å². The molecule has 1 aliphatic heterocycles. The zero-order valence-corrected chi connectivity index (χ0v) is 17.0. The van der Waals surface area contributed by atoms with Crippen LogP contribution in [0.4, 0.5) is 5.82 Å². The van der Waals surface area contributed by atoms with Crippen molar-refractivity contribution in [3.05, 3.63) is 23.9 Å². The molecule has 1 amide bonds. The molecule has 1 fully saturated rings. The molecule has 1 aromatic rings. The predicted octanol–water partition coefficient (Wildman–Crippen LogP) is 1.86. The molecule has 0 spiro atoms. The number of nitrogens with one attached hydrogen (secondary N) is 3. The average molecular weight is 392 g/mol. The summed E-state index contributed by atoms with van der Waals surface area (Å²) >= 11 is 0. The van der Waals surface area contributed by atoms with E-state index in [0.717, 1.165) is 38.1 Å². The van der Waals surface area contributed by atoms with Crippen molar-refractivity contribution in [3.8, 4) is 0 Å². The number of guanidine groups is 1. The summed E-state index contributed by atoms with van der Waals surface area (Å²) in [7, 11) is 0. The van der Waals surface area contributed by atoms with Gasteiger partial charge in [0.2, 0.25) is 5.91 Å². The maximum Gasteiger partial charge on any atom is 0.227 e. The number of hydrogen-bond donors (Lipinski definition) is 3. The van der Waals surface area contributed by atoms with Crippen LogP contribution in [0.5, 0.6) is 0 Å². The first-order chi connectivity index (χ1) is 13.7. The van der Waals surface area contributed by atoms with Crippen LogP contribution < -0.4 is 16.0 Å². The molecule has 0 radical (unpaired) electrons. The maximum absolute atomic E-state index is 12.0. The number of pyridine rings is 1. The lowest BCUT2D eigenvalue weighted by atomic mass is 10.2. The molecule has 156 valence electrons. The number of nitrogens with zero attached hydrogens (tertiary/aromatic N) is 2. The third-order valence-corrected chi connectivity index (χ3v) is 4.19. The van der Waals surface area contributed by atoms with Crippen LogP contribution in [-0.2, 0) is 14.3 Å². The standard InChI is InChI=1S/C20H33N5O3/c1-3-21-20(22-11-6-13-27-15-17-8-5-14-28-17)23-12-10-19(26)25-18-9-4-7-16(2)24-18/h4,7,9,17H,3,5-6,8,10-15H2,1-2H3,(H2,21,22,23)(H,24,25,26). The van der Waals surface area contributed by atoms with Gasteiger partial charge in [0, 0.05) is 45.0 Å². The molecular formula is C20H33N5O3. The fourth-order valence-electron chi connectivity index (χ4n) is 2.80. The summed E-state index contributed by atoms with van der Waals surface area (Å²) in [6.07, 6.45) is 3.69. The molecule has 1 unspecified atom stereocenters. The van der Waals surface area contributed by atoms with Gasteiger partial charge in [-0.25, -0.2) is 4.98 Å². The first-order valence-electron chi connectivity index (χ1n) is 10.1. The normalized spacial score (nSPS) is 16.8. The maximum atomic E-state index is 12.0. The molecule has 1 aromatic heterocycles. The van der Waals surface area contributed by atoms with Crippen molar-refractivity contribution in [3.63, 3.8) is 0 Å². The summed E-state index contributed by atoms with van der Waals surface area (Å²) in [4.78, 5) is 20.8. The van der Waals surface area contributed by atoms with Gasteiger partial charge in [0.15, 0.2) is 5.96 Å². The van der Waals surface area contributed by atoms with Gasteiger partial charge in [-0.15, -0.1) is 0 Å². The Labute approximate surface area is 167 Å². The number of rotatable bonds is 11. The van der Waals surface area contributed by atoms with Crippen LogP contribution in [0.15, 0.2) is 23.2 Å². The van der Waals surface area contributed by atoms with Crippen molar-refractivity contribution in [1.82, 2.24) is 15.6 Å². The number of aryl methyl sites for hydroxylation is 1. The average Bonchev–Trinajstić information content (AvgIpc) is 3.18. The molecule has 2 rings (SSSR count). The molecule has 3 N–H and O–H groups in total. The van der Waals surface area contributed by atoms with E-state index >= 15 is 0 Å². The lowest BCUT2D eigenvalue weighted by Gasteiger charge is -2.12. The van der Waals surface area contributed by atoms with Crippen LogP contribution in [0.25, 0.3) is 0 Å². The van der Waals surface area contributed by atoms with E-state index in [9.17, 15) is 4.79 Å². The van der Waals surface area contributed by atoms with E-state index in [1.165, 1.54) is 0 Å². The van der Waals surface area contributed by atoms with Gasteiger partial charge in [0.1, 0.15) is 5.82 Å². The van der Waals surface area contributed by atoms with Crippen LogP contribution >= 0.6 is 0 Å². The Morgan fingerprint density at radius 3 is 3.04 bits per heavy atom. The summed E-state index contributed by atoms with van der Waals surface area (Å²) < 4.78 is 11.2. The fraction of sp³-hybridized carbons (Fsp3) is 0.650. The fourth-order valence-corrected chi connectivity index (χ4v) is 2.80. The quantitative estimate of drug-likeness (QED) is 0.303. The number of ether oxygens (including phenoxy) is 2. The Balaban J connectivity index is 1.59. The summed E-state index contributed by atoms with van der Waals surface area (Å²) in [5.74, 6) is 1.21. The Bertz CT molecular complexity index is 618. The molecule has 0 aromatic carbocycles. The lowest BCUT2D eigenvalue weighted by molar-refractivity contribution is -0.116. The SMILES string of the molecule is CCNC(=NCCCOCC1CCCO1)NCCC(=O)Nc1cccc(C)n1. The monoisotopic (exact) mass is 391 g/mol. The van der Waals surface area contributed by atoms with Gasteiger partial charge in [-0.1, -0.05) is 6.07 Å². The number of carbonyl (C=O) groups is 1. The zero-order chi connectivity index (χ0) is 20.0. The van der Waals surface area contributed by atoms with Gasteiger partial charge in [-0.05, 0) is 45.2 Å². The third kappa shape index (κ3) is 9.14. The number of aliphatic imine (C=N–C) groups is 1. The second kappa shape index (κ2) is 13.1. The second-order valence-electron chi connectivity index (χ2n) is 6.71. The summed E-state index contributed by atoms with van der Waals surface area (Å²) in [6, 6.07) is 5.55. The van der Waals surface area contributed by atoms with Crippen LogP contribution in [-0.4, -0.2) is 62.4 Å². The highest BCUT2D eigenvalue weighted by Crippen LogP contribution is 2.11. The van der Waals surface area contributed by atoms with E-state index in [1.807, 2.05) is 26.0 Å². The number of carbonyl (C=O) groups excluding carboxylic acids is 1. The van der Waals surface area contributed by atoms with Gasteiger partial charge < -0.3 is 25.4 Å². The zero-order valence-electron chi connectivity index (χ0n) is 17.0. The van der Waals surface area contributed by atoms with Crippen molar-refractivity contribution in [2.24, 2.45) is 4.99 Å². The molecule has 8 heteroatoms. The van der Waals surface area contributed by atoms with Crippen molar-refractivity contribution < 1.29 is 14.3 Å². The molecule has 28 heavy (non-hydrogen) atoms. The highest BCUT2D eigenvalue weighted by Gasteiger charge is 2.14. The molecule has 1 saturated heterocycles. The summed E-state index contributed by atoms with van der Waals surface area (Å²) in [6.45, 7) is 8.04. The highest BCUT2D eigenvalue weighted by atomic mass is 16.5. The van der Waals surface area contributed by atoms with E-state index < -0.39 is 0 Å². The Kier molecular flexibility index (Phi) is 10.3. The largest absolute Gasteiger partial charge is 0.379 e. The van der Waals surface area contributed by atoms with E-state index in [0.29, 0.717) is 44.5 Å². The molecule has 1 aliphatic rings. The smallest absolute Gasteiger partial charge is 0.227 e. The van der Waals surface area contributed by atoms with Gasteiger partial charge in [0.25, 0.3) is 0 Å². The van der Waals surface area contributed by atoms with Gasteiger partial charge in [-0.2, -0.15) is 0 Å². The molecular weight excluding hydrogens is 358 g/mol. The number of anilines is 1. The van der Waals surface area contributed by atoms with Crippen molar-refractivity contribution >= 4 is 17.7 Å². The van der Waals surface area contributed by atoms with Crippen LogP contribution in [0.3, 0.4) is 0 Å². The van der Waals surface area contributed by atoms with Crippen molar-refractivity contribution in [2.45, 2.75) is 45.6 Å². The third-order valence-electron chi connectivity index (χ3n) is 4.19. The number of aromatic nitrogens is 1. The highest BCUT2D eigenvalue weighted by molar-refractivity contribution is 5.90. The van der Waals surface area contributed by atoms with E-state index in [2.05, 4.69) is 25.9 Å². The molecule has 0 bridgehead atoms. The molecule has 1 atom stereocenters. The first-order valence-corrected chi connectivity index (χ1v) is 10.1. The molecule has 8 nitrogen and oxygen atoms in total. The van der Waals surface area contributed by atoms with E-state index in [-0.39, 0.29) is 12.0 Å². The molecule has 0 aliphatic carbocycles. The minimum absolute atomic E-state index is 0.0796. The van der Waals surface area contributed by atoms with Crippen LogP contribution in [0.2, 0.25) is 0 Å². The summed E-state index contributed by atoms with van der Waals surface area (Å²) in [5.41, 5.74) is 0.872. The molecule has 0 saturated carbocycles. The number of amides is 1. The topological polar surface area (TPSA) is 96.9 Å². The van der Waals surface area contributed by atoms with Gasteiger partial charge in [0.05, 0.1) is 12.7 Å². The molecule has 2 heterocycles. The number of hydrogen-bond acceptors (Lipinski definition) is 5. The lowest BCUT2D eigenvalue weighted by Crippen LogP contribution is -2.38. The van der Waals surface area contributed by atoms with Gasteiger partial charge in [-0.3, -0.25) is 9.79 Å². The van der Waals surface area contributed by atoms with Gasteiger partial charge >= 0.3 is 0 Å². The van der Waals surface area contributed by atoms with E-state index in [4.69, 9.17) is 9.47 Å². The minimum atomic E-state index is -0.0796.